The molecule has 146 valence electrons. The van der Waals surface area contributed by atoms with E-state index in [-0.39, 0.29) is 11.9 Å². The van der Waals surface area contributed by atoms with Gasteiger partial charge in [-0.15, -0.1) is 0 Å². The van der Waals surface area contributed by atoms with Crippen molar-refractivity contribution in [1.82, 2.24) is 19.7 Å². The molecule has 0 aliphatic carbocycles. The van der Waals surface area contributed by atoms with Gasteiger partial charge in [-0.2, -0.15) is 5.10 Å². The van der Waals surface area contributed by atoms with Crippen LogP contribution < -0.4 is 4.74 Å². The Balaban J connectivity index is 1.67. The number of halogens is 2. The minimum absolute atomic E-state index is 0.135. The minimum atomic E-state index is -0.694. The van der Waals surface area contributed by atoms with Crippen molar-refractivity contribution >= 4 is 29.1 Å². The van der Waals surface area contributed by atoms with Crippen LogP contribution >= 0.6 is 23.2 Å². The molecule has 0 fully saturated rings. The fourth-order valence-corrected chi connectivity index (χ4v) is 3.21. The minimum Gasteiger partial charge on any atom is -0.479 e. The fraction of sp³-hybridized carbons (Fsp3) is 0.250. The SMILES string of the molecule is CC(Oc1ccc(Cl)cc1Cl)C(=O)N(C)C(C)c1ccc(-n2cncn2)cc1. The van der Waals surface area contributed by atoms with Crippen molar-refractivity contribution in [3.63, 3.8) is 0 Å². The molecule has 0 aliphatic rings. The van der Waals surface area contributed by atoms with Crippen LogP contribution in [0.15, 0.2) is 55.1 Å². The number of carbonyl (C=O) groups is 1. The highest BCUT2D eigenvalue weighted by Crippen LogP contribution is 2.29. The van der Waals surface area contributed by atoms with Crippen molar-refractivity contribution in [3.05, 3.63) is 70.7 Å². The Hall–Kier alpha value is -2.57. The van der Waals surface area contributed by atoms with Crippen LogP contribution in [0.1, 0.15) is 25.5 Å². The standard InChI is InChI=1S/C20H20Cl2N4O2/c1-13(15-4-7-17(8-5-15)26-12-23-11-24-26)25(3)20(27)14(2)28-19-9-6-16(21)10-18(19)22/h4-14H,1-3H3. The number of likely N-dealkylation sites (N-methyl/N-ethyl adjacent to an activating group) is 1. The molecule has 3 rings (SSSR count). The molecular formula is C20H20Cl2N4O2. The van der Waals surface area contributed by atoms with Gasteiger partial charge in [-0.3, -0.25) is 4.79 Å². The Morgan fingerprint density at radius 3 is 2.46 bits per heavy atom. The first-order valence-corrected chi connectivity index (χ1v) is 9.45. The Morgan fingerprint density at radius 1 is 1.14 bits per heavy atom. The van der Waals surface area contributed by atoms with Crippen molar-refractivity contribution < 1.29 is 9.53 Å². The normalized spacial score (nSPS) is 13.0. The summed E-state index contributed by atoms with van der Waals surface area (Å²) in [6.07, 6.45) is 2.42. The van der Waals surface area contributed by atoms with Gasteiger partial charge in [-0.05, 0) is 49.7 Å². The van der Waals surface area contributed by atoms with Gasteiger partial charge in [-0.1, -0.05) is 35.3 Å². The van der Waals surface area contributed by atoms with E-state index in [2.05, 4.69) is 10.1 Å². The molecule has 1 heterocycles. The maximum Gasteiger partial charge on any atom is 0.263 e. The fourth-order valence-electron chi connectivity index (χ4n) is 2.76. The van der Waals surface area contributed by atoms with Crippen LogP contribution in [0, 0.1) is 0 Å². The number of hydrogen-bond acceptors (Lipinski definition) is 4. The van der Waals surface area contributed by atoms with Crippen molar-refractivity contribution in [2.45, 2.75) is 26.0 Å². The Kier molecular flexibility index (Phi) is 6.21. The zero-order valence-corrected chi connectivity index (χ0v) is 17.2. The number of nitrogens with zero attached hydrogens (tertiary/aromatic N) is 4. The second-order valence-electron chi connectivity index (χ2n) is 6.39. The molecular weight excluding hydrogens is 399 g/mol. The van der Waals surface area contributed by atoms with Gasteiger partial charge in [0.1, 0.15) is 18.4 Å². The summed E-state index contributed by atoms with van der Waals surface area (Å²) >= 11 is 12.0. The summed E-state index contributed by atoms with van der Waals surface area (Å²) in [5.41, 5.74) is 1.90. The van der Waals surface area contributed by atoms with Gasteiger partial charge in [-0.25, -0.2) is 9.67 Å². The first-order chi connectivity index (χ1) is 13.4. The number of benzene rings is 2. The van der Waals surface area contributed by atoms with Crippen molar-refractivity contribution in [2.24, 2.45) is 0 Å². The van der Waals surface area contributed by atoms with E-state index in [0.717, 1.165) is 11.3 Å². The van der Waals surface area contributed by atoms with Crippen LogP contribution in [0.2, 0.25) is 10.0 Å². The Morgan fingerprint density at radius 2 is 1.86 bits per heavy atom. The predicted octanol–water partition coefficient (Wildman–Crippen LogP) is 4.56. The second kappa shape index (κ2) is 8.63. The molecule has 0 aliphatic heterocycles. The lowest BCUT2D eigenvalue weighted by molar-refractivity contribution is -0.138. The molecule has 0 N–H and O–H groups in total. The molecule has 28 heavy (non-hydrogen) atoms. The van der Waals surface area contributed by atoms with Gasteiger partial charge in [0.2, 0.25) is 0 Å². The van der Waals surface area contributed by atoms with Gasteiger partial charge in [0.15, 0.2) is 6.10 Å². The number of carbonyl (C=O) groups excluding carboxylic acids is 1. The first-order valence-electron chi connectivity index (χ1n) is 8.70. The summed E-state index contributed by atoms with van der Waals surface area (Å²) in [5, 5.41) is 4.98. The summed E-state index contributed by atoms with van der Waals surface area (Å²) in [5.74, 6) is 0.268. The third-order valence-corrected chi connectivity index (χ3v) is 5.06. The molecule has 2 atom stereocenters. The zero-order chi connectivity index (χ0) is 20.3. The molecule has 0 bridgehead atoms. The second-order valence-corrected chi connectivity index (χ2v) is 7.24. The molecule has 2 unspecified atom stereocenters. The van der Waals surface area contributed by atoms with E-state index in [9.17, 15) is 4.79 Å². The van der Waals surface area contributed by atoms with E-state index in [4.69, 9.17) is 27.9 Å². The van der Waals surface area contributed by atoms with Gasteiger partial charge in [0.25, 0.3) is 5.91 Å². The number of amides is 1. The van der Waals surface area contributed by atoms with E-state index in [1.807, 2.05) is 31.2 Å². The highest BCUT2D eigenvalue weighted by atomic mass is 35.5. The number of rotatable bonds is 6. The Bertz CT molecular complexity index is 945. The van der Waals surface area contributed by atoms with Crippen LogP contribution in [0.3, 0.4) is 0 Å². The average Bonchev–Trinajstić information content (AvgIpc) is 3.23. The Labute approximate surface area is 173 Å². The topological polar surface area (TPSA) is 60.2 Å². The average molecular weight is 419 g/mol. The molecule has 2 aromatic carbocycles. The monoisotopic (exact) mass is 418 g/mol. The molecule has 1 aromatic heterocycles. The third kappa shape index (κ3) is 4.46. The first kappa shape index (κ1) is 20.2. The summed E-state index contributed by atoms with van der Waals surface area (Å²) < 4.78 is 7.41. The molecule has 0 spiro atoms. The lowest BCUT2D eigenvalue weighted by Gasteiger charge is -2.28. The molecule has 1 amide bonds. The number of ether oxygens (including phenoxy) is 1. The lowest BCUT2D eigenvalue weighted by atomic mass is 10.1. The number of aromatic nitrogens is 3. The van der Waals surface area contributed by atoms with Gasteiger partial charge in [0.05, 0.1) is 16.8 Å². The van der Waals surface area contributed by atoms with Gasteiger partial charge >= 0.3 is 0 Å². The van der Waals surface area contributed by atoms with E-state index in [0.29, 0.717) is 15.8 Å². The van der Waals surface area contributed by atoms with Gasteiger partial charge < -0.3 is 9.64 Å². The maximum absolute atomic E-state index is 12.8. The van der Waals surface area contributed by atoms with Crippen LogP contribution in [0.4, 0.5) is 0 Å². The summed E-state index contributed by atoms with van der Waals surface area (Å²) in [7, 11) is 1.75. The molecule has 0 radical (unpaired) electrons. The van der Waals surface area contributed by atoms with Crippen molar-refractivity contribution in [3.8, 4) is 11.4 Å². The van der Waals surface area contributed by atoms with Crippen LogP contribution in [0.25, 0.3) is 5.69 Å². The van der Waals surface area contributed by atoms with Gasteiger partial charge in [0, 0.05) is 12.1 Å². The summed E-state index contributed by atoms with van der Waals surface area (Å²) in [6, 6.07) is 12.6. The highest BCUT2D eigenvalue weighted by Gasteiger charge is 2.24. The predicted molar refractivity (Wildman–Crippen MR) is 109 cm³/mol. The quantitative estimate of drug-likeness (QED) is 0.588. The van der Waals surface area contributed by atoms with Crippen LogP contribution in [-0.4, -0.2) is 38.7 Å². The lowest BCUT2D eigenvalue weighted by Crippen LogP contribution is -2.39. The van der Waals surface area contributed by atoms with Crippen LogP contribution in [0.5, 0.6) is 5.75 Å². The third-order valence-electron chi connectivity index (χ3n) is 4.53. The van der Waals surface area contributed by atoms with E-state index < -0.39 is 6.10 Å². The van der Waals surface area contributed by atoms with E-state index in [1.54, 1.807) is 48.1 Å². The molecule has 3 aromatic rings. The summed E-state index contributed by atoms with van der Waals surface area (Å²) in [6.45, 7) is 3.66. The summed E-state index contributed by atoms with van der Waals surface area (Å²) in [4.78, 5) is 18.4. The largest absolute Gasteiger partial charge is 0.479 e. The highest BCUT2D eigenvalue weighted by molar-refractivity contribution is 6.35. The van der Waals surface area contributed by atoms with E-state index in [1.165, 1.54) is 6.33 Å². The molecule has 0 saturated heterocycles. The maximum atomic E-state index is 12.8. The smallest absolute Gasteiger partial charge is 0.263 e. The molecule has 0 saturated carbocycles. The van der Waals surface area contributed by atoms with Crippen molar-refractivity contribution in [1.29, 1.82) is 0 Å². The molecule has 8 heteroatoms. The van der Waals surface area contributed by atoms with Crippen LogP contribution in [-0.2, 0) is 4.79 Å². The van der Waals surface area contributed by atoms with Crippen molar-refractivity contribution in [2.75, 3.05) is 7.05 Å². The molecule has 6 nitrogen and oxygen atoms in total. The number of hydrogen-bond donors (Lipinski definition) is 0. The zero-order valence-electron chi connectivity index (χ0n) is 15.7. The van der Waals surface area contributed by atoms with E-state index >= 15 is 0 Å².